The Labute approximate surface area is 208 Å². The molecule has 0 saturated carbocycles. The summed E-state index contributed by atoms with van der Waals surface area (Å²) >= 11 is 6.25. The summed E-state index contributed by atoms with van der Waals surface area (Å²) < 4.78 is 44.9. The summed E-state index contributed by atoms with van der Waals surface area (Å²) in [5.74, 6) is -2.35. The van der Waals surface area contributed by atoms with E-state index in [9.17, 15) is 33.0 Å². The normalized spacial score (nSPS) is 17.5. The number of likely N-dealkylation sites (tertiary alicyclic amines) is 1. The van der Waals surface area contributed by atoms with E-state index in [2.05, 4.69) is 0 Å². The first-order valence-corrected chi connectivity index (χ1v) is 11.0. The van der Waals surface area contributed by atoms with Gasteiger partial charge in [-0.1, -0.05) is 35.9 Å². The summed E-state index contributed by atoms with van der Waals surface area (Å²) in [6.07, 6.45) is -4.59. The third-order valence-corrected chi connectivity index (χ3v) is 6.11. The highest BCUT2D eigenvalue weighted by Gasteiger charge is 2.46. The third kappa shape index (κ3) is 4.74. The number of aromatic hydroxyl groups is 1. The molecule has 0 radical (unpaired) electrons. The van der Waals surface area contributed by atoms with E-state index in [1.165, 1.54) is 55.6 Å². The highest BCUT2D eigenvalue weighted by molar-refractivity contribution is 6.47. The molecule has 6 nitrogen and oxygen atoms in total. The number of nitrogens with zero attached hydrogens (tertiary/aromatic N) is 1. The van der Waals surface area contributed by atoms with Crippen LogP contribution in [0.1, 0.15) is 28.3 Å². The fraction of sp³-hybridized carbons (Fsp3) is 0.154. The van der Waals surface area contributed by atoms with Crippen LogP contribution in [0, 0.1) is 0 Å². The number of carbonyl (C=O) groups is 2. The number of phenolic OH excluding ortho intramolecular Hbond substituents is 1. The van der Waals surface area contributed by atoms with E-state index in [-0.39, 0.29) is 34.0 Å². The molecule has 0 aliphatic carbocycles. The zero-order valence-electron chi connectivity index (χ0n) is 18.7. The van der Waals surface area contributed by atoms with E-state index in [1.54, 1.807) is 6.07 Å². The van der Waals surface area contributed by atoms with Crippen LogP contribution in [0.5, 0.6) is 11.5 Å². The summed E-state index contributed by atoms with van der Waals surface area (Å²) in [5.41, 5.74) is -0.680. The predicted molar refractivity (Wildman–Crippen MR) is 125 cm³/mol. The smallest absolute Gasteiger partial charge is 0.416 e. The second-order valence-electron chi connectivity index (χ2n) is 8.06. The zero-order chi connectivity index (χ0) is 26.2. The lowest BCUT2D eigenvalue weighted by molar-refractivity contribution is -0.140. The van der Waals surface area contributed by atoms with Crippen molar-refractivity contribution in [1.29, 1.82) is 0 Å². The number of hydrogen-bond acceptors (Lipinski definition) is 5. The van der Waals surface area contributed by atoms with Crippen molar-refractivity contribution in [1.82, 2.24) is 4.90 Å². The minimum Gasteiger partial charge on any atom is -0.508 e. The number of aliphatic hydroxyl groups is 1. The van der Waals surface area contributed by atoms with Crippen LogP contribution in [-0.4, -0.2) is 33.9 Å². The van der Waals surface area contributed by atoms with Crippen molar-refractivity contribution in [3.63, 3.8) is 0 Å². The second-order valence-corrected chi connectivity index (χ2v) is 8.47. The van der Waals surface area contributed by atoms with Gasteiger partial charge in [-0.15, -0.1) is 0 Å². The molecule has 3 aromatic carbocycles. The summed E-state index contributed by atoms with van der Waals surface area (Å²) in [6, 6.07) is 13.2. The topological polar surface area (TPSA) is 87.1 Å². The number of alkyl halides is 3. The fourth-order valence-electron chi connectivity index (χ4n) is 4.05. The lowest BCUT2D eigenvalue weighted by atomic mass is 9.95. The van der Waals surface area contributed by atoms with Crippen LogP contribution < -0.4 is 4.74 Å². The maximum Gasteiger partial charge on any atom is 0.416 e. The molecule has 1 unspecified atom stereocenters. The molecule has 1 fully saturated rings. The maximum absolute atomic E-state index is 13.2. The lowest BCUT2D eigenvalue weighted by Crippen LogP contribution is -2.29. The molecule has 0 aromatic heterocycles. The molecular weight excluding hydrogens is 499 g/mol. The zero-order valence-corrected chi connectivity index (χ0v) is 19.5. The molecule has 1 aliphatic heterocycles. The van der Waals surface area contributed by atoms with Crippen LogP contribution in [0.15, 0.2) is 72.3 Å². The van der Waals surface area contributed by atoms with Crippen molar-refractivity contribution in [3.05, 3.63) is 99.6 Å². The van der Waals surface area contributed by atoms with Crippen molar-refractivity contribution in [2.24, 2.45) is 0 Å². The highest BCUT2D eigenvalue weighted by atomic mass is 35.5. The number of ether oxygens (including phenoxy) is 1. The standard InChI is InChI=1S/C26H19ClF3NO5/c1-36-18-9-10-20(27)19(12-18)23(33)21-22(15-5-7-17(32)8-6-15)31(25(35)24(21)34)13-14-3-2-4-16(11-14)26(28,29)30/h2-12,22,32-33H,13H2,1H3/b23-21+. The van der Waals surface area contributed by atoms with Crippen molar-refractivity contribution in [2.45, 2.75) is 18.8 Å². The van der Waals surface area contributed by atoms with Gasteiger partial charge in [-0.2, -0.15) is 13.2 Å². The van der Waals surface area contributed by atoms with Crippen molar-refractivity contribution in [3.8, 4) is 11.5 Å². The summed E-state index contributed by atoms with van der Waals surface area (Å²) in [6.45, 7) is -0.345. The molecule has 10 heteroatoms. The lowest BCUT2D eigenvalue weighted by Gasteiger charge is -2.26. The minimum atomic E-state index is -4.59. The minimum absolute atomic E-state index is 0.0388. The number of Topliss-reactive ketones (excluding diaryl/α,β-unsaturated/α-hetero) is 1. The Balaban J connectivity index is 1.87. The molecule has 186 valence electrons. The van der Waals surface area contributed by atoms with E-state index < -0.39 is 35.2 Å². The summed E-state index contributed by atoms with van der Waals surface area (Å²) in [7, 11) is 1.40. The third-order valence-electron chi connectivity index (χ3n) is 5.78. The SMILES string of the molecule is COc1ccc(Cl)c(/C(O)=C2\C(=O)C(=O)N(Cc3cccc(C(F)(F)F)c3)C2c2ccc(O)cc2)c1. The van der Waals surface area contributed by atoms with E-state index in [0.29, 0.717) is 11.3 Å². The van der Waals surface area contributed by atoms with Gasteiger partial charge in [-0.05, 0) is 53.6 Å². The molecule has 1 aliphatic rings. The molecule has 1 heterocycles. The Morgan fingerprint density at radius 3 is 2.39 bits per heavy atom. The molecule has 1 atom stereocenters. The van der Waals surface area contributed by atoms with Gasteiger partial charge in [0, 0.05) is 12.1 Å². The molecular formula is C26H19ClF3NO5. The number of ketones is 1. The van der Waals surface area contributed by atoms with Crippen molar-refractivity contribution >= 4 is 29.1 Å². The van der Waals surface area contributed by atoms with E-state index in [0.717, 1.165) is 17.0 Å². The number of amides is 1. The first-order chi connectivity index (χ1) is 17.0. The Kier molecular flexibility index (Phi) is 6.69. The molecule has 4 rings (SSSR count). The summed E-state index contributed by atoms with van der Waals surface area (Å²) in [5, 5.41) is 21.0. The quantitative estimate of drug-likeness (QED) is 0.258. The first kappa shape index (κ1) is 25.1. The monoisotopic (exact) mass is 517 g/mol. The Hall–Kier alpha value is -3.98. The van der Waals surface area contributed by atoms with Crippen LogP contribution in [-0.2, 0) is 22.3 Å². The fourth-order valence-corrected chi connectivity index (χ4v) is 4.25. The number of benzene rings is 3. The van der Waals surface area contributed by atoms with Crippen molar-refractivity contribution < 1.29 is 37.7 Å². The molecule has 2 N–H and O–H groups in total. The van der Waals surface area contributed by atoms with Crippen LogP contribution in [0.25, 0.3) is 5.76 Å². The van der Waals surface area contributed by atoms with Crippen molar-refractivity contribution in [2.75, 3.05) is 7.11 Å². The molecule has 1 amide bonds. The molecule has 3 aromatic rings. The van der Waals surface area contributed by atoms with Gasteiger partial charge < -0.3 is 19.8 Å². The number of rotatable bonds is 5. The van der Waals surface area contributed by atoms with Gasteiger partial charge >= 0.3 is 6.18 Å². The Morgan fingerprint density at radius 1 is 1.06 bits per heavy atom. The van der Waals surface area contributed by atoms with Crippen LogP contribution in [0.3, 0.4) is 0 Å². The number of halogens is 4. The van der Waals surface area contributed by atoms with Crippen LogP contribution >= 0.6 is 11.6 Å². The molecule has 0 bridgehead atoms. The summed E-state index contributed by atoms with van der Waals surface area (Å²) in [4.78, 5) is 27.3. The first-order valence-electron chi connectivity index (χ1n) is 10.6. The average molecular weight is 518 g/mol. The largest absolute Gasteiger partial charge is 0.508 e. The molecule has 1 saturated heterocycles. The number of hydrogen-bond donors (Lipinski definition) is 2. The molecule has 0 spiro atoms. The number of phenols is 1. The second kappa shape index (κ2) is 9.58. The van der Waals surface area contributed by atoms with Gasteiger partial charge in [0.05, 0.1) is 29.3 Å². The van der Waals surface area contributed by atoms with E-state index >= 15 is 0 Å². The average Bonchev–Trinajstić information content (AvgIpc) is 3.09. The van der Waals surface area contributed by atoms with Crippen LogP contribution in [0.2, 0.25) is 5.02 Å². The van der Waals surface area contributed by atoms with Gasteiger partial charge in [-0.25, -0.2) is 0 Å². The van der Waals surface area contributed by atoms with Crippen LogP contribution in [0.4, 0.5) is 13.2 Å². The van der Waals surface area contributed by atoms with E-state index in [4.69, 9.17) is 16.3 Å². The van der Waals surface area contributed by atoms with Gasteiger partial charge in [-0.3, -0.25) is 9.59 Å². The Bertz CT molecular complexity index is 1370. The number of carbonyl (C=O) groups excluding carboxylic acids is 2. The van der Waals surface area contributed by atoms with Gasteiger partial charge in [0.15, 0.2) is 0 Å². The Morgan fingerprint density at radius 2 is 1.75 bits per heavy atom. The molecule has 36 heavy (non-hydrogen) atoms. The number of aliphatic hydroxyl groups excluding tert-OH is 1. The van der Waals surface area contributed by atoms with Gasteiger partial charge in [0.25, 0.3) is 11.7 Å². The maximum atomic E-state index is 13.2. The highest BCUT2D eigenvalue weighted by Crippen LogP contribution is 2.42. The predicted octanol–water partition coefficient (Wildman–Crippen LogP) is 5.69. The number of methoxy groups -OCH3 is 1. The van der Waals surface area contributed by atoms with Gasteiger partial charge in [0.1, 0.15) is 17.3 Å². The van der Waals surface area contributed by atoms with E-state index in [1.807, 2.05) is 0 Å². The van der Waals surface area contributed by atoms with Gasteiger partial charge in [0.2, 0.25) is 0 Å².